The zero-order valence-corrected chi connectivity index (χ0v) is 12.0. The summed E-state index contributed by atoms with van der Waals surface area (Å²) in [6, 6.07) is 1.65. The minimum atomic E-state index is -0.489. The zero-order valence-electron chi connectivity index (χ0n) is 12.0. The van der Waals surface area contributed by atoms with Crippen molar-refractivity contribution in [3.63, 3.8) is 0 Å². The van der Waals surface area contributed by atoms with Crippen molar-refractivity contribution in [1.82, 2.24) is 14.9 Å². The molecule has 20 heavy (non-hydrogen) atoms. The van der Waals surface area contributed by atoms with Gasteiger partial charge in [0.25, 0.3) is 0 Å². The molecule has 7 nitrogen and oxygen atoms in total. The summed E-state index contributed by atoms with van der Waals surface area (Å²) in [6.45, 7) is 6.63. The van der Waals surface area contributed by atoms with Crippen molar-refractivity contribution in [1.29, 1.82) is 0 Å². The highest BCUT2D eigenvalue weighted by molar-refractivity contribution is 5.68. The third-order valence-electron chi connectivity index (χ3n) is 2.73. The van der Waals surface area contributed by atoms with Gasteiger partial charge in [-0.2, -0.15) is 4.98 Å². The number of nitrogens with two attached hydrogens (primary N) is 1. The van der Waals surface area contributed by atoms with E-state index in [-0.39, 0.29) is 18.1 Å². The van der Waals surface area contributed by atoms with E-state index in [1.54, 1.807) is 11.0 Å². The molecule has 1 amide bonds. The maximum Gasteiger partial charge on any atom is 0.410 e. The lowest BCUT2D eigenvalue weighted by Gasteiger charge is -2.24. The van der Waals surface area contributed by atoms with E-state index in [4.69, 9.17) is 15.2 Å². The first kappa shape index (κ1) is 14.4. The van der Waals surface area contributed by atoms with E-state index in [2.05, 4.69) is 9.97 Å². The molecule has 1 unspecified atom stereocenters. The summed E-state index contributed by atoms with van der Waals surface area (Å²) in [5.41, 5.74) is 5.00. The number of anilines is 1. The number of hydrogen-bond donors (Lipinski definition) is 1. The van der Waals surface area contributed by atoms with Gasteiger partial charge in [0.05, 0.1) is 6.54 Å². The van der Waals surface area contributed by atoms with Crippen LogP contribution in [-0.2, 0) is 4.74 Å². The lowest BCUT2D eigenvalue weighted by Crippen LogP contribution is -2.36. The second kappa shape index (κ2) is 5.52. The Morgan fingerprint density at radius 3 is 2.90 bits per heavy atom. The molecule has 2 heterocycles. The highest BCUT2D eigenvalue weighted by Gasteiger charge is 2.31. The van der Waals surface area contributed by atoms with Crippen LogP contribution in [0.2, 0.25) is 0 Å². The number of rotatable bonds is 2. The number of ether oxygens (including phenoxy) is 2. The maximum absolute atomic E-state index is 11.9. The van der Waals surface area contributed by atoms with Gasteiger partial charge < -0.3 is 20.1 Å². The molecule has 1 saturated heterocycles. The van der Waals surface area contributed by atoms with Gasteiger partial charge in [-0.15, -0.1) is 0 Å². The number of carbonyl (C=O) groups excluding carboxylic acids is 1. The van der Waals surface area contributed by atoms with Crippen LogP contribution < -0.4 is 10.5 Å². The van der Waals surface area contributed by atoms with E-state index in [0.29, 0.717) is 19.0 Å². The molecule has 2 N–H and O–H groups in total. The molecular weight excluding hydrogens is 260 g/mol. The normalized spacial score (nSPS) is 18.9. The maximum atomic E-state index is 11.9. The number of hydrogen-bond acceptors (Lipinski definition) is 6. The molecule has 1 aromatic heterocycles. The van der Waals surface area contributed by atoms with Crippen molar-refractivity contribution in [2.75, 3.05) is 18.8 Å². The van der Waals surface area contributed by atoms with E-state index in [1.807, 2.05) is 20.8 Å². The second-order valence-corrected chi connectivity index (χ2v) is 5.71. The SMILES string of the molecule is CC(C)(C)OC(=O)N1CCC(Oc2ccnc(N)n2)C1. The summed E-state index contributed by atoms with van der Waals surface area (Å²) in [5.74, 6) is 0.595. The van der Waals surface area contributed by atoms with Crippen LogP contribution in [0.15, 0.2) is 12.3 Å². The third-order valence-corrected chi connectivity index (χ3v) is 2.73. The van der Waals surface area contributed by atoms with E-state index >= 15 is 0 Å². The first-order valence-corrected chi connectivity index (χ1v) is 6.56. The molecule has 1 aliphatic heterocycles. The standard InChI is InChI=1S/C13H20N4O3/c1-13(2,3)20-12(18)17-7-5-9(8-17)19-10-4-6-15-11(14)16-10/h4,6,9H,5,7-8H2,1-3H3,(H2,14,15,16). The quantitative estimate of drug-likeness (QED) is 0.881. The topological polar surface area (TPSA) is 90.6 Å². The average Bonchev–Trinajstić information content (AvgIpc) is 2.75. The van der Waals surface area contributed by atoms with Crippen LogP contribution in [0, 0.1) is 0 Å². The van der Waals surface area contributed by atoms with Crippen LogP contribution in [0.1, 0.15) is 27.2 Å². The Labute approximate surface area is 118 Å². The van der Waals surface area contributed by atoms with Crippen molar-refractivity contribution < 1.29 is 14.3 Å². The van der Waals surface area contributed by atoms with Gasteiger partial charge in [-0.1, -0.05) is 0 Å². The highest BCUT2D eigenvalue weighted by atomic mass is 16.6. The fourth-order valence-electron chi connectivity index (χ4n) is 1.91. The number of carbonyl (C=O) groups is 1. The first-order chi connectivity index (χ1) is 9.33. The van der Waals surface area contributed by atoms with Crippen LogP contribution in [0.25, 0.3) is 0 Å². The summed E-state index contributed by atoms with van der Waals surface area (Å²) in [6.07, 6.45) is 1.86. The summed E-state index contributed by atoms with van der Waals surface area (Å²) < 4.78 is 11.0. The Morgan fingerprint density at radius 1 is 1.50 bits per heavy atom. The number of nitrogens with zero attached hydrogens (tertiary/aromatic N) is 3. The predicted molar refractivity (Wildman–Crippen MR) is 73.3 cm³/mol. The lowest BCUT2D eigenvalue weighted by atomic mass is 10.2. The summed E-state index contributed by atoms with van der Waals surface area (Å²) in [7, 11) is 0. The zero-order chi connectivity index (χ0) is 14.8. The number of nitrogen functional groups attached to an aromatic ring is 1. The van der Waals surface area contributed by atoms with Gasteiger partial charge in [0.1, 0.15) is 11.7 Å². The predicted octanol–water partition coefficient (Wildman–Crippen LogP) is 1.45. The Bertz CT molecular complexity index is 487. The molecule has 1 fully saturated rings. The summed E-state index contributed by atoms with van der Waals surface area (Å²) in [5, 5.41) is 0. The first-order valence-electron chi connectivity index (χ1n) is 6.56. The number of amides is 1. The number of likely N-dealkylation sites (tertiary alicyclic amines) is 1. The van der Waals surface area contributed by atoms with Gasteiger partial charge in [-0.05, 0) is 20.8 Å². The fourth-order valence-corrected chi connectivity index (χ4v) is 1.91. The van der Waals surface area contributed by atoms with Gasteiger partial charge in [-0.25, -0.2) is 9.78 Å². The van der Waals surface area contributed by atoms with Crippen LogP contribution >= 0.6 is 0 Å². The van der Waals surface area contributed by atoms with Crippen molar-refractivity contribution in [2.45, 2.75) is 38.9 Å². The van der Waals surface area contributed by atoms with Crippen LogP contribution in [0.3, 0.4) is 0 Å². The second-order valence-electron chi connectivity index (χ2n) is 5.71. The Balaban J connectivity index is 1.88. The fraction of sp³-hybridized carbons (Fsp3) is 0.615. The smallest absolute Gasteiger partial charge is 0.410 e. The van der Waals surface area contributed by atoms with Gasteiger partial charge in [0, 0.05) is 25.2 Å². The summed E-state index contributed by atoms with van der Waals surface area (Å²) in [4.78, 5) is 21.3. The Morgan fingerprint density at radius 2 is 2.25 bits per heavy atom. The van der Waals surface area contributed by atoms with E-state index in [0.717, 1.165) is 6.42 Å². The lowest BCUT2D eigenvalue weighted by molar-refractivity contribution is 0.0275. The molecule has 0 bridgehead atoms. The molecule has 0 spiro atoms. The van der Waals surface area contributed by atoms with Gasteiger partial charge >= 0.3 is 6.09 Å². The van der Waals surface area contributed by atoms with E-state index in [9.17, 15) is 4.79 Å². The molecule has 110 valence electrons. The molecule has 0 aromatic carbocycles. The molecule has 1 aromatic rings. The molecule has 1 atom stereocenters. The molecule has 0 saturated carbocycles. The van der Waals surface area contributed by atoms with Crippen LogP contribution in [0.5, 0.6) is 5.88 Å². The average molecular weight is 280 g/mol. The van der Waals surface area contributed by atoms with Crippen molar-refractivity contribution in [3.8, 4) is 5.88 Å². The molecule has 1 aliphatic rings. The minimum absolute atomic E-state index is 0.100. The van der Waals surface area contributed by atoms with Gasteiger partial charge in [-0.3, -0.25) is 0 Å². The molecule has 0 radical (unpaired) electrons. The van der Waals surface area contributed by atoms with Crippen LogP contribution in [-0.4, -0.2) is 45.8 Å². The molecule has 0 aliphatic carbocycles. The Hall–Kier alpha value is -2.05. The number of aromatic nitrogens is 2. The van der Waals surface area contributed by atoms with E-state index in [1.165, 1.54) is 6.20 Å². The van der Waals surface area contributed by atoms with Gasteiger partial charge in [0.2, 0.25) is 11.8 Å². The molecule has 2 rings (SSSR count). The third kappa shape index (κ3) is 3.97. The monoisotopic (exact) mass is 280 g/mol. The van der Waals surface area contributed by atoms with Crippen LogP contribution in [0.4, 0.5) is 10.7 Å². The molecular formula is C13H20N4O3. The van der Waals surface area contributed by atoms with Crippen molar-refractivity contribution in [2.24, 2.45) is 0 Å². The van der Waals surface area contributed by atoms with E-state index < -0.39 is 5.60 Å². The van der Waals surface area contributed by atoms with Gasteiger partial charge in [0.15, 0.2) is 0 Å². The minimum Gasteiger partial charge on any atom is -0.472 e. The van der Waals surface area contributed by atoms with Crippen molar-refractivity contribution >= 4 is 12.0 Å². The summed E-state index contributed by atoms with van der Waals surface area (Å²) >= 11 is 0. The van der Waals surface area contributed by atoms with Crippen molar-refractivity contribution in [3.05, 3.63) is 12.3 Å². The highest BCUT2D eigenvalue weighted by Crippen LogP contribution is 2.19. The molecule has 7 heteroatoms. The largest absolute Gasteiger partial charge is 0.472 e. The Kier molecular flexibility index (Phi) is 3.96.